The average molecular weight is 349 g/mol. The molecule has 0 aliphatic carbocycles. The van der Waals surface area contributed by atoms with Gasteiger partial charge in [-0.3, -0.25) is 9.78 Å². The first-order valence-corrected chi connectivity index (χ1v) is 8.94. The van der Waals surface area contributed by atoms with Gasteiger partial charge in [0.15, 0.2) is 0 Å². The molecule has 8 heteroatoms. The Labute approximate surface area is 150 Å². The topological polar surface area (TPSA) is 90.9 Å². The molecule has 2 aliphatic heterocycles. The number of carbonyl (C=O) groups is 1. The lowest BCUT2D eigenvalue weighted by atomic mass is 9.96. The summed E-state index contributed by atoms with van der Waals surface area (Å²) in [7, 11) is 0. The number of likely N-dealkylation sites (tertiary alicyclic amines) is 1. The minimum atomic E-state index is -0.0240. The van der Waals surface area contributed by atoms with Crippen molar-refractivity contribution in [2.24, 2.45) is 0 Å². The summed E-state index contributed by atoms with van der Waals surface area (Å²) in [4.78, 5) is 37.5. The molecule has 0 saturated carbocycles. The standard InChI is InChI=1S/C18H19N7O/c26-18(13-10-19-6-7-20-13)25-8-1-2-14-15(25)4-9-24(14)17-12-3-5-21-16(12)22-11-23-17/h3,5-7,10-11,14-15H,1-2,4,8-9H2,(H,21,22,23)/t14-,15-/m1/s1. The molecule has 2 fully saturated rings. The fraction of sp³-hybridized carbons (Fsp3) is 0.389. The van der Waals surface area contributed by atoms with Crippen LogP contribution in [-0.2, 0) is 0 Å². The Morgan fingerprint density at radius 2 is 2.08 bits per heavy atom. The van der Waals surface area contributed by atoms with E-state index in [4.69, 9.17) is 0 Å². The van der Waals surface area contributed by atoms with E-state index in [9.17, 15) is 4.79 Å². The van der Waals surface area contributed by atoms with Crippen molar-refractivity contribution in [3.05, 3.63) is 42.9 Å². The normalized spacial score (nSPS) is 22.6. The number of carbonyl (C=O) groups excluding carboxylic acids is 1. The number of amides is 1. The third-order valence-corrected chi connectivity index (χ3v) is 5.46. The number of aromatic nitrogens is 5. The van der Waals surface area contributed by atoms with Gasteiger partial charge in [-0.15, -0.1) is 0 Å². The van der Waals surface area contributed by atoms with E-state index in [1.165, 1.54) is 0 Å². The molecule has 0 bridgehead atoms. The van der Waals surface area contributed by atoms with Gasteiger partial charge in [0.25, 0.3) is 5.91 Å². The molecular formula is C18H19N7O. The minimum absolute atomic E-state index is 0.0240. The highest BCUT2D eigenvalue weighted by molar-refractivity contribution is 5.92. The molecule has 0 spiro atoms. The van der Waals surface area contributed by atoms with Gasteiger partial charge >= 0.3 is 0 Å². The van der Waals surface area contributed by atoms with Crippen molar-refractivity contribution in [3.63, 3.8) is 0 Å². The van der Waals surface area contributed by atoms with Crippen LogP contribution in [-0.4, -0.2) is 60.9 Å². The van der Waals surface area contributed by atoms with Crippen molar-refractivity contribution in [2.75, 3.05) is 18.0 Å². The van der Waals surface area contributed by atoms with Crippen LogP contribution in [0.4, 0.5) is 5.82 Å². The number of hydrogen-bond donors (Lipinski definition) is 1. The van der Waals surface area contributed by atoms with Crippen molar-refractivity contribution in [2.45, 2.75) is 31.3 Å². The van der Waals surface area contributed by atoms with E-state index in [1.807, 2.05) is 17.2 Å². The largest absolute Gasteiger partial charge is 0.351 e. The molecular weight excluding hydrogens is 330 g/mol. The smallest absolute Gasteiger partial charge is 0.274 e. The monoisotopic (exact) mass is 349 g/mol. The summed E-state index contributed by atoms with van der Waals surface area (Å²) in [6, 6.07) is 2.48. The Morgan fingerprint density at radius 1 is 1.12 bits per heavy atom. The zero-order valence-corrected chi connectivity index (χ0v) is 14.2. The molecule has 8 nitrogen and oxygen atoms in total. The Hall–Kier alpha value is -3.03. The zero-order valence-electron chi connectivity index (χ0n) is 14.2. The third kappa shape index (κ3) is 2.33. The first-order valence-electron chi connectivity index (χ1n) is 8.94. The third-order valence-electron chi connectivity index (χ3n) is 5.46. The number of rotatable bonds is 2. The summed E-state index contributed by atoms with van der Waals surface area (Å²) in [5, 5.41) is 1.03. The number of fused-ring (bicyclic) bond motifs is 2. The van der Waals surface area contributed by atoms with Crippen molar-refractivity contribution < 1.29 is 4.79 Å². The molecule has 5 rings (SSSR count). The van der Waals surface area contributed by atoms with E-state index in [0.29, 0.717) is 5.69 Å². The van der Waals surface area contributed by atoms with Crippen LogP contribution in [0.2, 0.25) is 0 Å². The van der Waals surface area contributed by atoms with E-state index < -0.39 is 0 Å². The first-order chi connectivity index (χ1) is 12.8. The van der Waals surface area contributed by atoms with Crippen molar-refractivity contribution in [1.29, 1.82) is 0 Å². The van der Waals surface area contributed by atoms with Gasteiger partial charge in [-0.2, -0.15) is 0 Å². The molecule has 0 radical (unpaired) electrons. The Balaban J connectivity index is 1.46. The Kier molecular flexibility index (Phi) is 3.55. The number of nitrogens with zero attached hydrogens (tertiary/aromatic N) is 6. The number of nitrogens with one attached hydrogen (secondary N) is 1. The number of hydrogen-bond acceptors (Lipinski definition) is 6. The second-order valence-electron chi connectivity index (χ2n) is 6.79. The van der Waals surface area contributed by atoms with Gasteiger partial charge in [-0.1, -0.05) is 0 Å². The number of anilines is 1. The van der Waals surface area contributed by atoms with E-state index >= 15 is 0 Å². The van der Waals surface area contributed by atoms with Crippen molar-refractivity contribution >= 4 is 22.8 Å². The van der Waals surface area contributed by atoms with Crippen LogP contribution in [0.15, 0.2) is 37.2 Å². The van der Waals surface area contributed by atoms with Crippen LogP contribution in [0.25, 0.3) is 11.0 Å². The molecule has 0 aromatic carbocycles. The summed E-state index contributed by atoms with van der Waals surface area (Å²) in [6.07, 6.45) is 11.2. The summed E-state index contributed by atoms with van der Waals surface area (Å²) in [6.45, 7) is 1.66. The maximum absolute atomic E-state index is 12.9. The maximum atomic E-state index is 12.9. The number of aromatic amines is 1. The molecule has 1 N–H and O–H groups in total. The lowest BCUT2D eigenvalue weighted by molar-refractivity contribution is 0.0602. The fourth-order valence-corrected chi connectivity index (χ4v) is 4.35. The molecule has 2 saturated heterocycles. The predicted octanol–water partition coefficient (Wildman–Crippen LogP) is 1.63. The van der Waals surface area contributed by atoms with Gasteiger partial charge < -0.3 is 14.8 Å². The molecule has 2 atom stereocenters. The van der Waals surface area contributed by atoms with E-state index in [0.717, 1.165) is 49.2 Å². The van der Waals surface area contributed by atoms with Crippen LogP contribution in [0, 0.1) is 0 Å². The molecule has 5 heterocycles. The summed E-state index contributed by atoms with van der Waals surface area (Å²) < 4.78 is 0. The van der Waals surface area contributed by atoms with Crippen molar-refractivity contribution in [1.82, 2.24) is 29.8 Å². The molecule has 3 aromatic heterocycles. The first kappa shape index (κ1) is 15.2. The Bertz CT molecular complexity index is 941. The lowest BCUT2D eigenvalue weighted by Gasteiger charge is -2.40. The second-order valence-corrected chi connectivity index (χ2v) is 6.79. The number of H-pyrrole nitrogens is 1. The second kappa shape index (κ2) is 6.05. The van der Waals surface area contributed by atoms with Crippen molar-refractivity contribution in [3.8, 4) is 0 Å². The van der Waals surface area contributed by atoms with Gasteiger partial charge in [0.2, 0.25) is 0 Å². The SMILES string of the molecule is O=C(c1cnccn1)N1CCC[C@@H]2[C@H]1CCN2c1ncnc2[nH]ccc12. The molecule has 0 unspecified atom stereocenters. The minimum Gasteiger partial charge on any atom is -0.351 e. The van der Waals surface area contributed by atoms with Crippen LogP contribution in [0.3, 0.4) is 0 Å². The van der Waals surface area contributed by atoms with E-state index in [2.05, 4.69) is 29.8 Å². The molecule has 3 aromatic rings. The van der Waals surface area contributed by atoms with Crippen LogP contribution < -0.4 is 4.90 Å². The van der Waals surface area contributed by atoms with Gasteiger partial charge in [0.05, 0.1) is 23.7 Å². The molecule has 1 amide bonds. The average Bonchev–Trinajstić information content (AvgIpc) is 3.34. The van der Waals surface area contributed by atoms with Gasteiger partial charge in [0, 0.05) is 31.7 Å². The highest BCUT2D eigenvalue weighted by Crippen LogP contribution is 2.36. The molecule has 2 aliphatic rings. The summed E-state index contributed by atoms with van der Waals surface area (Å²) in [5.74, 6) is 0.932. The molecule has 26 heavy (non-hydrogen) atoms. The molecule has 132 valence electrons. The van der Waals surface area contributed by atoms with Crippen LogP contribution in [0.5, 0.6) is 0 Å². The zero-order chi connectivity index (χ0) is 17.5. The summed E-state index contributed by atoms with van der Waals surface area (Å²) in [5.41, 5.74) is 1.27. The van der Waals surface area contributed by atoms with Crippen LogP contribution >= 0.6 is 0 Å². The van der Waals surface area contributed by atoms with Crippen LogP contribution in [0.1, 0.15) is 29.8 Å². The number of piperidine rings is 1. The van der Waals surface area contributed by atoms with E-state index in [-0.39, 0.29) is 18.0 Å². The summed E-state index contributed by atoms with van der Waals surface area (Å²) >= 11 is 0. The van der Waals surface area contributed by atoms with Gasteiger partial charge in [0.1, 0.15) is 23.5 Å². The highest BCUT2D eigenvalue weighted by Gasteiger charge is 2.43. The van der Waals surface area contributed by atoms with Gasteiger partial charge in [-0.05, 0) is 25.3 Å². The fourth-order valence-electron chi connectivity index (χ4n) is 4.35. The van der Waals surface area contributed by atoms with Gasteiger partial charge in [-0.25, -0.2) is 15.0 Å². The lowest BCUT2D eigenvalue weighted by Crippen LogP contribution is -2.52. The highest BCUT2D eigenvalue weighted by atomic mass is 16.2. The Morgan fingerprint density at radius 3 is 2.96 bits per heavy atom. The maximum Gasteiger partial charge on any atom is 0.274 e. The quantitative estimate of drug-likeness (QED) is 0.756. The van der Waals surface area contributed by atoms with E-state index in [1.54, 1.807) is 24.9 Å². The predicted molar refractivity (Wildman–Crippen MR) is 95.7 cm³/mol.